The van der Waals surface area contributed by atoms with Crippen molar-refractivity contribution in [1.29, 1.82) is 0 Å². The van der Waals surface area contributed by atoms with Gasteiger partial charge in [0.05, 0.1) is 18.4 Å². The number of aromatic nitrogens is 4. The van der Waals surface area contributed by atoms with E-state index in [-0.39, 0.29) is 12.0 Å². The van der Waals surface area contributed by atoms with Gasteiger partial charge in [-0.2, -0.15) is 10.2 Å². The van der Waals surface area contributed by atoms with E-state index in [0.29, 0.717) is 6.04 Å². The molecule has 7 heteroatoms. The van der Waals surface area contributed by atoms with E-state index in [9.17, 15) is 0 Å². The number of fused-ring (bicyclic) bond motifs is 1. The summed E-state index contributed by atoms with van der Waals surface area (Å²) in [6, 6.07) is 9.55. The molecule has 2 aromatic heterocycles. The fourth-order valence-electron chi connectivity index (χ4n) is 4.51. The van der Waals surface area contributed by atoms with Gasteiger partial charge in [0.1, 0.15) is 5.82 Å². The lowest BCUT2D eigenvalue weighted by molar-refractivity contribution is 0.328. The van der Waals surface area contributed by atoms with Crippen LogP contribution in [0.25, 0.3) is 0 Å². The summed E-state index contributed by atoms with van der Waals surface area (Å²) in [5.41, 5.74) is 5.19. The largest absolute Gasteiger partial charge is 0.363 e. The van der Waals surface area contributed by atoms with Crippen LogP contribution in [-0.4, -0.2) is 51.6 Å². The quantitative estimate of drug-likeness (QED) is 0.583. The van der Waals surface area contributed by atoms with E-state index >= 15 is 0 Å². The lowest BCUT2D eigenvalue weighted by Gasteiger charge is -2.32. The van der Waals surface area contributed by atoms with Gasteiger partial charge in [-0.3, -0.25) is 4.68 Å². The summed E-state index contributed by atoms with van der Waals surface area (Å²) in [6.07, 6.45) is 7.15. The lowest BCUT2D eigenvalue weighted by atomic mass is 9.83. The van der Waals surface area contributed by atoms with Crippen molar-refractivity contribution in [3.05, 3.63) is 65.1 Å². The number of rotatable bonds is 8. The normalized spacial score (nSPS) is 18.4. The molecule has 1 aliphatic rings. The first kappa shape index (κ1) is 21.6. The molecule has 0 saturated carbocycles. The van der Waals surface area contributed by atoms with Crippen LogP contribution in [0.15, 0.2) is 42.9 Å². The van der Waals surface area contributed by atoms with Crippen LogP contribution in [0.5, 0.6) is 0 Å². The van der Waals surface area contributed by atoms with Gasteiger partial charge in [0.25, 0.3) is 0 Å². The Hall–Kier alpha value is -2.64. The summed E-state index contributed by atoms with van der Waals surface area (Å²) in [7, 11) is 6.15. The highest BCUT2D eigenvalue weighted by molar-refractivity contribution is 5.54. The predicted molar refractivity (Wildman–Crippen MR) is 125 cm³/mol. The summed E-state index contributed by atoms with van der Waals surface area (Å²) in [5.74, 6) is 1.42. The van der Waals surface area contributed by atoms with Crippen LogP contribution < -0.4 is 10.6 Å². The second-order valence-corrected chi connectivity index (χ2v) is 9.01. The summed E-state index contributed by atoms with van der Waals surface area (Å²) >= 11 is 0. The monoisotopic (exact) mass is 421 g/mol. The molecular weight excluding hydrogens is 386 g/mol. The first-order valence-electron chi connectivity index (χ1n) is 11.2. The maximum atomic E-state index is 4.71. The van der Waals surface area contributed by atoms with Crippen LogP contribution in [-0.2, 0) is 13.6 Å². The Morgan fingerprint density at radius 2 is 2.06 bits per heavy atom. The predicted octanol–water partition coefficient (Wildman–Crippen LogP) is 3.54. The fraction of sp³-hybridized carbons (Fsp3) is 0.500. The fourth-order valence-corrected chi connectivity index (χ4v) is 4.51. The van der Waals surface area contributed by atoms with Gasteiger partial charge in [-0.05, 0) is 51.1 Å². The molecular formula is C24H35N7. The Morgan fingerprint density at radius 1 is 1.23 bits per heavy atom. The molecule has 2 unspecified atom stereocenters. The third-order valence-electron chi connectivity index (χ3n) is 6.15. The average Bonchev–Trinajstić information content (AvgIpc) is 3.38. The number of nitrogens with zero attached hydrogens (tertiary/aromatic N) is 5. The second-order valence-electron chi connectivity index (χ2n) is 9.01. The highest BCUT2D eigenvalue weighted by Crippen LogP contribution is 2.44. The van der Waals surface area contributed by atoms with Gasteiger partial charge in [-0.25, -0.2) is 4.68 Å². The van der Waals surface area contributed by atoms with Crippen LogP contribution in [0.4, 0.5) is 5.82 Å². The van der Waals surface area contributed by atoms with Crippen molar-refractivity contribution in [2.45, 2.75) is 44.8 Å². The number of nitrogens with one attached hydrogen (secondary N) is 2. The zero-order valence-electron chi connectivity index (χ0n) is 19.3. The molecule has 2 atom stereocenters. The van der Waals surface area contributed by atoms with Crippen LogP contribution in [0, 0.1) is 0 Å². The van der Waals surface area contributed by atoms with Crippen LogP contribution >= 0.6 is 0 Å². The van der Waals surface area contributed by atoms with Gasteiger partial charge in [-0.15, -0.1) is 0 Å². The van der Waals surface area contributed by atoms with Crippen LogP contribution in [0.3, 0.4) is 0 Å². The molecule has 3 heterocycles. The third kappa shape index (κ3) is 4.67. The standard InChI is InChI=1S/C24H35N7/c1-17(2)31-24-22(14-27-31)21(20-13-26-30(5)16-20)12-23(28-24)19-8-6-7-18(11-19)15-29(4)10-9-25-3/h6-8,11,13-14,16-17,21,23,25,28H,9-10,12,15H2,1-5H3. The number of anilines is 1. The Balaban J connectivity index is 1.63. The zero-order valence-corrected chi connectivity index (χ0v) is 19.3. The Kier molecular flexibility index (Phi) is 6.43. The minimum atomic E-state index is 0.231. The molecule has 0 amide bonds. The molecule has 0 fully saturated rings. The molecule has 0 radical (unpaired) electrons. The molecule has 1 aliphatic heterocycles. The van der Waals surface area contributed by atoms with Gasteiger partial charge in [-0.1, -0.05) is 24.3 Å². The van der Waals surface area contributed by atoms with Crippen molar-refractivity contribution < 1.29 is 0 Å². The minimum Gasteiger partial charge on any atom is -0.363 e. The highest BCUT2D eigenvalue weighted by Gasteiger charge is 2.33. The number of hydrogen-bond donors (Lipinski definition) is 2. The average molecular weight is 422 g/mol. The lowest BCUT2D eigenvalue weighted by Crippen LogP contribution is -2.27. The number of likely N-dealkylation sites (N-methyl/N-ethyl adjacent to an activating group) is 2. The summed E-state index contributed by atoms with van der Waals surface area (Å²) in [6.45, 7) is 7.33. The molecule has 31 heavy (non-hydrogen) atoms. The number of benzene rings is 1. The summed E-state index contributed by atoms with van der Waals surface area (Å²) in [5, 5.41) is 16.2. The zero-order chi connectivity index (χ0) is 22.0. The van der Waals surface area contributed by atoms with Crippen molar-refractivity contribution in [2.24, 2.45) is 7.05 Å². The van der Waals surface area contributed by atoms with Gasteiger partial charge < -0.3 is 15.5 Å². The Labute approximate surface area is 185 Å². The molecule has 166 valence electrons. The van der Waals surface area contributed by atoms with Gasteiger partial charge in [0.15, 0.2) is 0 Å². The molecule has 4 rings (SSSR count). The van der Waals surface area contributed by atoms with Crippen LogP contribution in [0.2, 0.25) is 0 Å². The van der Waals surface area contributed by atoms with Gasteiger partial charge in [0.2, 0.25) is 0 Å². The van der Waals surface area contributed by atoms with E-state index in [1.807, 2.05) is 31.2 Å². The van der Waals surface area contributed by atoms with E-state index in [0.717, 1.165) is 31.9 Å². The molecule has 1 aromatic carbocycles. The van der Waals surface area contributed by atoms with Crippen molar-refractivity contribution in [1.82, 2.24) is 29.8 Å². The highest BCUT2D eigenvalue weighted by atomic mass is 15.3. The Bertz CT molecular complexity index is 1000. The van der Waals surface area contributed by atoms with Crippen molar-refractivity contribution in [2.75, 3.05) is 32.5 Å². The molecule has 0 bridgehead atoms. The number of aryl methyl sites for hydroxylation is 1. The van der Waals surface area contributed by atoms with Crippen LogP contribution in [0.1, 0.15) is 60.5 Å². The summed E-state index contributed by atoms with van der Waals surface area (Å²) in [4.78, 5) is 2.36. The van der Waals surface area contributed by atoms with Crippen molar-refractivity contribution >= 4 is 5.82 Å². The van der Waals surface area contributed by atoms with E-state index in [4.69, 9.17) is 5.10 Å². The topological polar surface area (TPSA) is 62.9 Å². The first-order valence-corrected chi connectivity index (χ1v) is 11.2. The number of hydrogen-bond acceptors (Lipinski definition) is 5. The summed E-state index contributed by atoms with van der Waals surface area (Å²) < 4.78 is 4.00. The van der Waals surface area contributed by atoms with Crippen molar-refractivity contribution in [3.8, 4) is 0 Å². The smallest absolute Gasteiger partial charge is 0.128 e. The molecule has 0 saturated heterocycles. The van der Waals surface area contributed by atoms with E-state index in [1.54, 1.807) is 0 Å². The second kappa shape index (κ2) is 9.24. The molecule has 2 N–H and O–H groups in total. The third-order valence-corrected chi connectivity index (χ3v) is 6.15. The molecule has 7 nitrogen and oxygen atoms in total. The molecule has 3 aromatic rings. The first-order chi connectivity index (χ1) is 15.0. The van der Waals surface area contributed by atoms with E-state index in [1.165, 1.54) is 22.3 Å². The Morgan fingerprint density at radius 3 is 2.77 bits per heavy atom. The van der Waals surface area contributed by atoms with E-state index in [2.05, 4.69) is 76.7 Å². The maximum Gasteiger partial charge on any atom is 0.128 e. The maximum absolute atomic E-state index is 4.71. The minimum absolute atomic E-state index is 0.231. The SMILES string of the molecule is CNCCN(C)Cc1cccc(C2CC(c3cnn(C)c3)c3cnn(C(C)C)c3N2)c1. The van der Waals surface area contributed by atoms with Crippen molar-refractivity contribution in [3.63, 3.8) is 0 Å². The van der Waals surface area contributed by atoms with E-state index < -0.39 is 0 Å². The van der Waals surface area contributed by atoms with Gasteiger partial charge in [0, 0.05) is 50.4 Å². The van der Waals surface area contributed by atoms with Gasteiger partial charge >= 0.3 is 0 Å². The molecule has 0 spiro atoms. The molecule has 0 aliphatic carbocycles.